The predicted octanol–water partition coefficient (Wildman–Crippen LogP) is 3.98. The van der Waals surface area contributed by atoms with Crippen molar-refractivity contribution in [1.82, 2.24) is 30.2 Å². The van der Waals surface area contributed by atoms with E-state index in [0.29, 0.717) is 17.0 Å². The molecule has 1 atom stereocenters. The van der Waals surface area contributed by atoms with Crippen molar-refractivity contribution in [3.05, 3.63) is 48.1 Å². The number of nitrogens with one attached hydrogen (secondary N) is 2. The van der Waals surface area contributed by atoms with Crippen LogP contribution in [0.3, 0.4) is 0 Å². The highest BCUT2D eigenvalue weighted by Crippen LogP contribution is 2.32. The molecule has 4 aromatic heterocycles. The molecule has 0 radical (unpaired) electrons. The molecule has 0 saturated carbocycles. The number of nitriles is 1. The summed E-state index contributed by atoms with van der Waals surface area (Å²) in [5.74, 6) is 1.48. The summed E-state index contributed by atoms with van der Waals surface area (Å²) in [5.41, 5.74) is 3.64. The Kier molecular flexibility index (Phi) is 5.29. The minimum absolute atomic E-state index is 0.207. The third kappa shape index (κ3) is 3.81. The van der Waals surface area contributed by atoms with Gasteiger partial charge < -0.3 is 15.2 Å². The summed E-state index contributed by atoms with van der Waals surface area (Å²) in [6.07, 6.45) is 8.45. The van der Waals surface area contributed by atoms with Gasteiger partial charge in [-0.15, -0.1) is 0 Å². The quantitative estimate of drug-likeness (QED) is 0.490. The fraction of sp³-hybridized carbons (Fsp3) is 0.348. The standard InChI is InChI=1S/C23H24N8O/c1-14(2)29-19-9-22(31-23-16(12-28-31)7-15(10-24)11-27-23)26-13-17(19)20-8-21(32-30-20)18-5-3-4-6-25-18/h7-9,11-14,18,25H,3-6H2,1-2H3,(H,26,29)/t18-/m1/s1. The monoisotopic (exact) mass is 428 g/mol. The number of nitrogens with zero attached hydrogens (tertiary/aromatic N) is 6. The van der Waals surface area contributed by atoms with Crippen LogP contribution in [0.2, 0.25) is 0 Å². The molecule has 0 bridgehead atoms. The molecule has 4 aromatic rings. The van der Waals surface area contributed by atoms with Gasteiger partial charge in [-0.05, 0) is 39.3 Å². The first-order chi connectivity index (χ1) is 15.6. The van der Waals surface area contributed by atoms with E-state index >= 15 is 0 Å². The smallest absolute Gasteiger partial charge is 0.164 e. The van der Waals surface area contributed by atoms with Crippen LogP contribution in [-0.4, -0.2) is 37.5 Å². The molecule has 1 aliphatic rings. The van der Waals surface area contributed by atoms with Gasteiger partial charge >= 0.3 is 0 Å². The molecule has 1 fully saturated rings. The van der Waals surface area contributed by atoms with Crippen LogP contribution in [0.1, 0.15) is 50.5 Å². The van der Waals surface area contributed by atoms with Gasteiger partial charge in [0.05, 0.1) is 17.8 Å². The number of piperidine rings is 1. The van der Waals surface area contributed by atoms with Crippen LogP contribution in [0.5, 0.6) is 0 Å². The van der Waals surface area contributed by atoms with E-state index in [2.05, 4.69) is 50.8 Å². The van der Waals surface area contributed by atoms with Crippen LogP contribution in [0.4, 0.5) is 5.69 Å². The highest BCUT2D eigenvalue weighted by Gasteiger charge is 2.21. The molecule has 5 rings (SSSR count). The highest BCUT2D eigenvalue weighted by atomic mass is 16.5. The lowest BCUT2D eigenvalue weighted by Gasteiger charge is -2.20. The second kappa shape index (κ2) is 8.40. The maximum atomic E-state index is 9.11. The normalized spacial score (nSPS) is 16.4. The molecule has 0 unspecified atom stereocenters. The Morgan fingerprint density at radius 2 is 2.09 bits per heavy atom. The Bertz CT molecular complexity index is 1290. The minimum Gasteiger partial charge on any atom is -0.382 e. The third-order valence-corrected chi connectivity index (χ3v) is 5.55. The maximum absolute atomic E-state index is 9.11. The highest BCUT2D eigenvalue weighted by molar-refractivity contribution is 5.79. The first-order valence-corrected chi connectivity index (χ1v) is 10.8. The lowest BCUT2D eigenvalue weighted by molar-refractivity contribution is 0.305. The zero-order valence-electron chi connectivity index (χ0n) is 18.0. The summed E-state index contributed by atoms with van der Waals surface area (Å²) in [6, 6.07) is 8.23. The number of pyridine rings is 2. The van der Waals surface area contributed by atoms with Crippen LogP contribution in [-0.2, 0) is 0 Å². The summed E-state index contributed by atoms with van der Waals surface area (Å²) in [4.78, 5) is 9.04. The Balaban J connectivity index is 1.53. The van der Waals surface area contributed by atoms with E-state index in [1.165, 1.54) is 12.8 Å². The van der Waals surface area contributed by atoms with Crippen molar-refractivity contribution in [1.29, 1.82) is 5.26 Å². The van der Waals surface area contributed by atoms with E-state index < -0.39 is 0 Å². The fourth-order valence-electron chi connectivity index (χ4n) is 4.02. The average molecular weight is 429 g/mol. The summed E-state index contributed by atoms with van der Waals surface area (Å²) < 4.78 is 7.35. The number of anilines is 1. The van der Waals surface area contributed by atoms with Gasteiger partial charge in [-0.3, -0.25) is 0 Å². The van der Waals surface area contributed by atoms with Crippen molar-refractivity contribution in [3.63, 3.8) is 0 Å². The zero-order chi connectivity index (χ0) is 22.1. The van der Waals surface area contributed by atoms with E-state index in [9.17, 15) is 0 Å². The molecular weight excluding hydrogens is 404 g/mol. The van der Waals surface area contributed by atoms with Crippen LogP contribution in [0, 0.1) is 11.3 Å². The van der Waals surface area contributed by atoms with Crippen molar-refractivity contribution in [2.45, 2.75) is 45.2 Å². The molecule has 1 aliphatic heterocycles. The van der Waals surface area contributed by atoms with E-state index in [-0.39, 0.29) is 12.1 Å². The van der Waals surface area contributed by atoms with Crippen LogP contribution < -0.4 is 10.6 Å². The second-order valence-electron chi connectivity index (χ2n) is 8.31. The Hall–Kier alpha value is -3.77. The van der Waals surface area contributed by atoms with Crippen molar-refractivity contribution >= 4 is 16.7 Å². The van der Waals surface area contributed by atoms with Crippen molar-refractivity contribution in [2.24, 2.45) is 0 Å². The maximum Gasteiger partial charge on any atom is 0.164 e. The molecule has 2 N–H and O–H groups in total. The van der Waals surface area contributed by atoms with Crippen LogP contribution in [0.15, 0.2) is 41.3 Å². The molecular formula is C23H24N8O. The number of rotatable bonds is 5. The molecule has 9 nitrogen and oxygen atoms in total. The van der Waals surface area contributed by atoms with Crippen molar-refractivity contribution in [2.75, 3.05) is 11.9 Å². The zero-order valence-corrected chi connectivity index (χ0v) is 18.0. The first-order valence-electron chi connectivity index (χ1n) is 10.8. The topological polar surface area (TPSA) is 117 Å². The molecule has 0 aromatic carbocycles. The van der Waals surface area contributed by atoms with Crippen molar-refractivity contribution < 1.29 is 4.52 Å². The van der Waals surface area contributed by atoms with Crippen molar-refractivity contribution in [3.8, 4) is 23.1 Å². The van der Waals surface area contributed by atoms with Gasteiger partial charge in [0.1, 0.15) is 11.8 Å². The van der Waals surface area contributed by atoms with Gasteiger partial charge in [0.25, 0.3) is 0 Å². The molecule has 0 aliphatic carbocycles. The average Bonchev–Trinajstić information content (AvgIpc) is 3.46. The van der Waals surface area contributed by atoms with Gasteiger partial charge in [-0.25, -0.2) is 9.97 Å². The Labute approximate surface area is 185 Å². The van der Waals surface area contributed by atoms with Gasteiger partial charge in [0, 0.05) is 47.2 Å². The third-order valence-electron chi connectivity index (χ3n) is 5.55. The van der Waals surface area contributed by atoms with E-state index in [1.807, 2.05) is 12.1 Å². The van der Waals surface area contributed by atoms with Gasteiger partial charge in [-0.2, -0.15) is 15.0 Å². The summed E-state index contributed by atoms with van der Waals surface area (Å²) in [6.45, 7) is 5.16. The van der Waals surface area contributed by atoms with Gasteiger partial charge in [-0.1, -0.05) is 11.6 Å². The van der Waals surface area contributed by atoms with Crippen LogP contribution in [0.25, 0.3) is 28.1 Å². The Morgan fingerprint density at radius 1 is 1.19 bits per heavy atom. The number of fused-ring (bicyclic) bond motifs is 1. The summed E-state index contributed by atoms with van der Waals surface area (Å²) in [5, 5.41) is 25.7. The predicted molar refractivity (Wildman–Crippen MR) is 120 cm³/mol. The summed E-state index contributed by atoms with van der Waals surface area (Å²) in [7, 11) is 0. The molecule has 162 valence electrons. The minimum atomic E-state index is 0.207. The molecule has 1 saturated heterocycles. The second-order valence-corrected chi connectivity index (χ2v) is 8.31. The molecule has 5 heterocycles. The Morgan fingerprint density at radius 3 is 2.88 bits per heavy atom. The van der Waals surface area contributed by atoms with Gasteiger partial charge in [0.15, 0.2) is 17.2 Å². The fourth-order valence-corrected chi connectivity index (χ4v) is 4.02. The van der Waals surface area contributed by atoms with E-state index in [1.54, 1.807) is 29.3 Å². The lowest BCUT2D eigenvalue weighted by Crippen LogP contribution is -2.26. The number of hydrogen-bond donors (Lipinski definition) is 2. The van der Waals surface area contributed by atoms with E-state index in [4.69, 9.17) is 9.78 Å². The largest absolute Gasteiger partial charge is 0.382 e. The number of aromatic nitrogens is 5. The molecule has 32 heavy (non-hydrogen) atoms. The van der Waals surface area contributed by atoms with Gasteiger partial charge in [0.2, 0.25) is 0 Å². The summed E-state index contributed by atoms with van der Waals surface area (Å²) >= 11 is 0. The number of hydrogen-bond acceptors (Lipinski definition) is 8. The van der Waals surface area contributed by atoms with Crippen LogP contribution >= 0.6 is 0 Å². The molecule has 9 heteroatoms. The SMILES string of the molecule is CC(C)Nc1cc(-n2ncc3cc(C#N)cnc32)ncc1-c1cc([C@H]2CCCCN2)on1. The first kappa shape index (κ1) is 20.2. The molecule has 0 spiro atoms. The molecule has 0 amide bonds. The van der Waals surface area contributed by atoms with E-state index in [0.717, 1.165) is 41.1 Å². The lowest BCUT2D eigenvalue weighted by atomic mass is 10.0.